The number of amides is 1. The number of hydrogen-bond donors (Lipinski definition) is 1. The molecule has 0 bridgehead atoms. The van der Waals surface area contributed by atoms with Gasteiger partial charge in [0.2, 0.25) is 5.91 Å². The van der Waals surface area contributed by atoms with E-state index in [0.717, 1.165) is 18.8 Å². The van der Waals surface area contributed by atoms with Crippen LogP contribution < -0.4 is 5.32 Å². The Hall–Kier alpha value is -1.47. The van der Waals surface area contributed by atoms with Crippen LogP contribution >= 0.6 is 0 Å². The maximum absolute atomic E-state index is 12.1. The van der Waals surface area contributed by atoms with Crippen LogP contribution in [0.5, 0.6) is 0 Å². The summed E-state index contributed by atoms with van der Waals surface area (Å²) >= 11 is 0. The lowest BCUT2D eigenvalue weighted by molar-refractivity contribution is -0.135. The second-order valence-corrected chi connectivity index (χ2v) is 4.81. The van der Waals surface area contributed by atoms with Gasteiger partial charge in [-0.3, -0.25) is 14.4 Å². The number of carbonyl (C=O) groups is 1. The Balaban J connectivity index is 2.06. The lowest BCUT2D eigenvalue weighted by Crippen LogP contribution is -2.57. The summed E-state index contributed by atoms with van der Waals surface area (Å²) in [5.41, 5.74) is 0.899. The molecule has 18 heavy (non-hydrogen) atoms. The molecular formula is C11H20N6O. The molecule has 1 aromatic heterocycles. The molecule has 0 radical (unpaired) electrons. The minimum atomic E-state index is -0.115. The molecule has 0 aromatic carbocycles. The molecule has 1 amide bonds. The number of hydrogen-bond acceptors (Lipinski definition) is 5. The van der Waals surface area contributed by atoms with Gasteiger partial charge in [-0.05, 0) is 0 Å². The fraction of sp³-hybridized carbons (Fsp3) is 0.727. The summed E-state index contributed by atoms with van der Waals surface area (Å²) in [6.45, 7) is 3.11. The van der Waals surface area contributed by atoms with Gasteiger partial charge in [0.1, 0.15) is 6.04 Å². The molecule has 1 unspecified atom stereocenters. The zero-order valence-electron chi connectivity index (χ0n) is 11.1. The highest BCUT2D eigenvalue weighted by Crippen LogP contribution is 2.10. The van der Waals surface area contributed by atoms with E-state index in [1.54, 1.807) is 23.7 Å². The van der Waals surface area contributed by atoms with Crippen LogP contribution in [-0.4, -0.2) is 70.5 Å². The van der Waals surface area contributed by atoms with Gasteiger partial charge in [0.05, 0.1) is 5.69 Å². The Kier molecular flexibility index (Phi) is 3.93. The summed E-state index contributed by atoms with van der Waals surface area (Å²) in [5.74, 6) is 0.131. The highest BCUT2D eigenvalue weighted by molar-refractivity contribution is 5.81. The molecule has 1 atom stereocenters. The van der Waals surface area contributed by atoms with Crippen LogP contribution in [0.15, 0.2) is 6.20 Å². The molecule has 0 saturated carbocycles. The van der Waals surface area contributed by atoms with Gasteiger partial charge >= 0.3 is 0 Å². The number of rotatable bonds is 3. The van der Waals surface area contributed by atoms with Crippen molar-refractivity contribution in [3.63, 3.8) is 0 Å². The van der Waals surface area contributed by atoms with E-state index in [1.807, 2.05) is 13.2 Å². The maximum Gasteiger partial charge on any atom is 0.240 e. The van der Waals surface area contributed by atoms with Crippen LogP contribution in [0.3, 0.4) is 0 Å². The summed E-state index contributed by atoms with van der Waals surface area (Å²) in [5, 5.41) is 11.3. The van der Waals surface area contributed by atoms with E-state index in [0.29, 0.717) is 13.1 Å². The van der Waals surface area contributed by atoms with Crippen LogP contribution in [0.4, 0.5) is 0 Å². The summed E-state index contributed by atoms with van der Waals surface area (Å²) in [6.07, 6.45) is 1.89. The molecule has 1 fully saturated rings. The predicted molar refractivity (Wildman–Crippen MR) is 66.8 cm³/mol. The minimum Gasteiger partial charge on any atom is -0.347 e. The van der Waals surface area contributed by atoms with Crippen molar-refractivity contribution >= 4 is 5.91 Å². The summed E-state index contributed by atoms with van der Waals surface area (Å²) in [6, 6.07) is -0.115. The number of likely N-dealkylation sites (N-methyl/N-ethyl adjacent to an activating group) is 1. The van der Waals surface area contributed by atoms with E-state index in [1.165, 1.54) is 0 Å². The van der Waals surface area contributed by atoms with Crippen molar-refractivity contribution in [2.24, 2.45) is 7.05 Å². The number of nitrogens with one attached hydrogen (secondary N) is 1. The Morgan fingerprint density at radius 1 is 1.61 bits per heavy atom. The van der Waals surface area contributed by atoms with Crippen LogP contribution in [0.25, 0.3) is 0 Å². The fourth-order valence-corrected chi connectivity index (χ4v) is 2.15. The smallest absolute Gasteiger partial charge is 0.240 e. The van der Waals surface area contributed by atoms with Crippen molar-refractivity contribution in [1.82, 2.24) is 30.1 Å². The van der Waals surface area contributed by atoms with Gasteiger partial charge in [-0.25, -0.2) is 0 Å². The first-order chi connectivity index (χ1) is 8.58. The molecular weight excluding hydrogens is 232 g/mol. The molecule has 1 aliphatic heterocycles. The lowest BCUT2D eigenvalue weighted by Gasteiger charge is -2.35. The molecule has 1 N–H and O–H groups in total. The van der Waals surface area contributed by atoms with Gasteiger partial charge in [-0.15, -0.1) is 5.10 Å². The summed E-state index contributed by atoms with van der Waals surface area (Å²) < 4.78 is 1.68. The SMILES string of the molecule is CN(C)C(=O)C1CNCCN1Cc1cn(C)nn1. The van der Waals surface area contributed by atoms with Gasteiger partial charge in [0, 0.05) is 53.5 Å². The number of piperazine rings is 1. The van der Waals surface area contributed by atoms with Crippen molar-refractivity contribution in [1.29, 1.82) is 0 Å². The van der Waals surface area contributed by atoms with Gasteiger partial charge in [-0.2, -0.15) is 0 Å². The maximum atomic E-state index is 12.1. The third-order valence-corrected chi connectivity index (χ3v) is 3.10. The zero-order chi connectivity index (χ0) is 13.1. The van der Waals surface area contributed by atoms with E-state index in [9.17, 15) is 4.79 Å². The Labute approximate surface area is 107 Å². The first-order valence-corrected chi connectivity index (χ1v) is 6.09. The van der Waals surface area contributed by atoms with Gasteiger partial charge in [0.15, 0.2) is 0 Å². The van der Waals surface area contributed by atoms with Gasteiger partial charge in [-0.1, -0.05) is 5.21 Å². The fourth-order valence-electron chi connectivity index (χ4n) is 2.15. The first-order valence-electron chi connectivity index (χ1n) is 6.09. The third-order valence-electron chi connectivity index (χ3n) is 3.10. The normalized spacial score (nSPS) is 20.9. The van der Waals surface area contributed by atoms with Gasteiger partial charge in [0.25, 0.3) is 0 Å². The van der Waals surface area contributed by atoms with E-state index >= 15 is 0 Å². The topological polar surface area (TPSA) is 66.3 Å². The van der Waals surface area contributed by atoms with Crippen LogP contribution in [0.1, 0.15) is 5.69 Å². The second kappa shape index (κ2) is 5.45. The molecule has 7 nitrogen and oxygen atoms in total. The van der Waals surface area contributed by atoms with Crippen LogP contribution in [0.2, 0.25) is 0 Å². The second-order valence-electron chi connectivity index (χ2n) is 4.81. The molecule has 0 aliphatic carbocycles. The number of aryl methyl sites for hydroxylation is 1. The molecule has 1 aromatic rings. The van der Waals surface area contributed by atoms with Crippen molar-refractivity contribution in [2.75, 3.05) is 33.7 Å². The highest BCUT2D eigenvalue weighted by Gasteiger charge is 2.30. The molecule has 2 heterocycles. The number of nitrogens with zero attached hydrogens (tertiary/aromatic N) is 5. The Morgan fingerprint density at radius 2 is 2.39 bits per heavy atom. The van der Waals surface area contributed by atoms with E-state index in [4.69, 9.17) is 0 Å². The Morgan fingerprint density at radius 3 is 3.00 bits per heavy atom. The monoisotopic (exact) mass is 252 g/mol. The molecule has 7 heteroatoms. The summed E-state index contributed by atoms with van der Waals surface area (Å²) in [4.78, 5) is 15.9. The van der Waals surface area contributed by atoms with Crippen molar-refractivity contribution in [2.45, 2.75) is 12.6 Å². The molecule has 2 rings (SSSR count). The first kappa shape index (κ1) is 13.0. The van der Waals surface area contributed by atoms with Crippen LogP contribution in [-0.2, 0) is 18.4 Å². The third kappa shape index (κ3) is 2.85. The molecule has 1 aliphatic rings. The number of carbonyl (C=O) groups excluding carboxylic acids is 1. The van der Waals surface area contributed by atoms with Crippen LogP contribution in [0, 0.1) is 0 Å². The molecule has 0 spiro atoms. The Bertz CT molecular complexity index is 415. The largest absolute Gasteiger partial charge is 0.347 e. The van der Waals surface area contributed by atoms with Crippen molar-refractivity contribution < 1.29 is 4.79 Å². The van der Waals surface area contributed by atoms with Gasteiger partial charge < -0.3 is 10.2 Å². The lowest BCUT2D eigenvalue weighted by atomic mass is 10.1. The minimum absolute atomic E-state index is 0.115. The van der Waals surface area contributed by atoms with Crippen molar-refractivity contribution in [3.8, 4) is 0 Å². The quantitative estimate of drug-likeness (QED) is 0.722. The highest BCUT2D eigenvalue weighted by atomic mass is 16.2. The zero-order valence-corrected chi connectivity index (χ0v) is 11.1. The average Bonchev–Trinajstić information content (AvgIpc) is 2.74. The molecule has 100 valence electrons. The van der Waals surface area contributed by atoms with Crippen molar-refractivity contribution in [3.05, 3.63) is 11.9 Å². The number of aromatic nitrogens is 3. The standard InChI is InChI=1S/C11H20N6O/c1-15(2)11(18)10-6-12-4-5-17(10)8-9-7-16(3)14-13-9/h7,10,12H,4-6,8H2,1-3H3. The van der Waals surface area contributed by atoms with E-state index in [-0.39, 0.29) is 11.9 Å². The van der Waals surface area contributed by atoms with E-state index < -0.39 is 0 Å². The average molecular weight is 252 g/mol. The molecule has 1 saturated heterocycles. The summed E-state index contributed by atoms with van der Waals surface area (Å²) in [7, 11) is 5.42. The predicted octanol–water partition coefficient (Wildman–Crippen LogP) is -1.32. The van der Waals surface area contributed by atoms with E-state index in [2.05, 4.69) is 20.5 Å².